The predicted molar refractivity (Wildman–Crippen MR) is 186 cm³/mol. The zero-order valence-corrected chi connectivity index (χ0v) is 28.2. The van der Waals surface area contributed by atoms with E-state index in [1.165, 1.54) is 27.7 Å². The van der Waals surface area contributed by atoms with E-state index >= 15 is 0 Å². The summed E-state index contributed by atoms with van der Waals surface area (Å²) in [7, 11) is -7.02. The third-order valence-corrected chi connectivity index (χ3v) is 12.9. The molecule has 0 saturated carbocycles. The summed E-state index contributed by atoms with van der Waals surface area (Å²) in [4.78, 5) is 7.44. The van der Waals surface area contributed by atoms with Crippen molar-refractivity contribution in [3.8, 4) is 0 Å². The zero-order valence-electron chi connectivity index (χ0n) is 26.6. The third-order valence-electron chi connectivity index (χ3n) is 9.21. The molecule has 4 heterocycles. The van der Waals surface area contributed by atoms with E-state index in [9.17, 15) is 21.2 Å². The number of nitrogens with one attached hydrogen (secondary N) is 2. The molecule has 0 unspecified atom stereocenters. The van der Waals surface area contributed by atoms with Gasteiger partial charge in [-0.25, -0.2) is 21.2 Å². The summed E-state index contributed by atoms with van der Waals surface area (Å²) >= 11 is 0. The van der Waals surface area contributed by atoms with Crippen LogP contribution in [0.3, 0.4) is 0 Å². The van der Waals surface area contributed by atoms with E-state index in [1.54, 1.807) is 65.0 Å². The Morgan fingerprint density at radius 1 is 0.604 bits per heavy atom. The van der Waals surface area contributed by atoms with Crippen LogP contribution in [0.4, 0.5) is 4.39 Å². The molecule has 2 aliphatic heterocycles. The van der Waals surface area contributed by atoms with Crippen molar-refractivity contribution in [1.29, 1.82) is 0 Å². The molecule has 0 atom stereocenters. The average Bonchev–Trinajstić information content (AvgIpc) is 3.39. The molecular weight excluding hydrogens is 648 g/mol. The van der Waals surface area contributed by atoms with E-state index in [0.29, 0.717) is 29.4 Å². The number of aromatic amines is 2. The van der Waals surface area contributed by atoms with Crippen LogP contribution < -0.4 is 0 Å². The minimum Gasteiger partial charge on any atom is -0.358 e. The number of nitrogens with zero attached hydrogens (tertiary/aromatic N) is 2. The molecule has 0 aliphatic carbocycles. The van der Waals surface area contributed by atoms with Gasteiger partial charge in [0.15, 0.2) is 0 Å². The van der Waals surface area contributed by atoms with Crippen molar-refractivity contribution in [1.82, 2.24) is 18.6 Å². The highest BCUT2D eigenvalue weighted by Crippen LogP contribution is 2.32. The first-order valence-electron chi connectivity index (χ1n) is 16.1. The van der Waals surface area contributed by atoms with Gasteiger partial charge in [0.05, 0.1) is 9.79 Å². The van der Waals surface area contributed by atoms with Gasteiger partial charge in [-0.2, -0.15) is 8.61 Å². The Kier molecular flexibility index (Phi) is 8.71. The van der Waals surface area contributed by atoms with Gasteiger partial charge < -0.3 is 9.97 Å². The maximum Gasteiger partial charge on any atom is 0.243 e. The van der Waals surface area contributed by atoms with Crippen molar-refractivity contribution < 1.29 is 21.2 Å². The van der Waals surface area contributed by atoms with Crippen molar-refractivity contribution in [3.05, 3.63) is 131 Å². The maximum absolute atomic E-state index is 13.6. The van der Waals surface area contributed by atoms with E-state index in [-0.39, 0.29) is 12.4 Å². The summed E-state index contributed by atoms with van der Waals surface area (Å²) in [5, 5.41) is 1.90. The fraction of sp³-hybridized carbons (Fsp3) is 0.243. The normalized spacial score (nSPS) is 16.0. The van der Waals surface area contributed by atoms with Crippen LogP contribution in [-0.2, 0) is 46.0 Å². The van der Waals surface area contributed by atoms with Gasteiger partial charge in [-0.1, -0.05) is 48.0 Å². The van der Waals surface area contributed by atoms with Crippen LogP contribution in [0, 0.1) is 12.7 Å². The second-order valence-electron chi connectivity index (χ2n) is 12.4. The van der Waals surface area contributed by atoms with Gasteiger partial charge in [0.1, 0.15) is 5.82 Å². The molecule has 8 nitrogen and oxygen atoms in total. The molecule has 2 aromatic heterocycles. The Morgan fingerprint density at radius 3 is 1.56 bits per heavy atom. The SMILES string of the molecule is Cc1ccc2[nH]c3c(c2c1)CN(S(=O)(=O)c1ccccc1)CCC3.O=S(=O)(c1ccccc1)N1CCCc2[nH]c3ccc(F)cc3c2C1. The molecule has 0 bridgehead atoms. The number of halogens is 1. The fourth-order valence-corrected chi connectivity index (χ4v) is 9.69. The Hall–Kier alpha value is -4.29. The second-order valence-corrected chi connectivity index (χ2v) is 16.3. The zero-order chi connectivity index (χ0) is 33.5. The molecule has 0 fully saturated rings. The van der Waals surface area contributed by atoms with Gasteiger partial charge in [-0.15, -0.1) is 0 Å². The summed E-state index contributed by atoms with van der Waals surface area (Å²) in [6.07, 6.45) is 3.19. The molecule has 0 radical (unpaired) electrons. The monoisotopic (exact) mass is 684 g/mol. The first-order valence-corrected chi connectivity index (χ1v) is 19.0. The highest BCUT2D eigenvalue weighted by atomic mass is 32.2. The van der Waals surface area contributed by atoms with Crippen molar-refractivity contribution in [2.24, 2.45) is 0 Å². The summed E-state index contributed by atoms with van der Waals surface area (Å²) in [5.41, 5.74) is 7.28. The Bertz CT molecular complexity index is 2150. The third kappa shape index (κ3) is 6.19. The number of sulfonamides is 2. The van der Waals surface area contributed by atoms with E-state index < -0.39 is 20.0 Å². The Morgan fingerprint density at radius 2 is 1.06 bits per heavy atom. The molecule has 0 saturated heterocycles. The lowest BCUT2D eigenvalue weighted by Crippen LogP contribution is -2.30. The molecule has 6 aromatic rings. The van der Waals surface area contributed by atoms with Crippen LogP contribution in [0.1, 0.15) is 40.9 Å². The molecule has 48 heavy (non-hydrogen) atoms. The van der Waals surface area contributed by atoms with Gasteiger partial charge in [0, 0.05) is 59.4 Å². The summed E-state index contributed by atoms with van der Waals surface area (Å²) in [6.45, 7) is 3.75. The Balaban J connectivity index is 0.000000152. The molecule has 4 aromatic carbocycles. The standard InChI is InChI=1S/C19H20N2O2S.C18H17FN2O2S/c1-14-9-10-19-16(12-14)17-13-21(11-5-8-18(17)20-19)24(22,23)15-6-3-2-4-7-15;19-13-8-9-18-15(11-13)16-12-21(10-4-7-17(16)20-18)24(22,23)14-5-2-1-3-6-14/h2-4,6-7,9-10,12,20H,5,8,11,13H2,1H3;1-3,5-6,8-9,11,20H,4,7,10,12H2. The number of fused-ring (bicyclic) bond motifs is 6. The van der Waals surface area contributed by atoms with E-state index in [0.717, 1.165) is 64.3 Å². The van der Waals surface area contributed by atoms with Gasteiger partial charge >= 0.3 is 0 Å². The molecule has 2 aliphatic rings. The van der Waals surface area contributed by atoms with Gasteiger partial charge in [-0.3, -0.25) is 0 Å². The van der Waals surface area contributed by atoms with Crippen LogP contribution in [0.2, 0.25) is 0 Å². The van der Waals surface area contributed by atoms with Crippen molar-refractivity contribution in [3.63, 3.8) is 0 Å². The molecule has 8 rings (SSSR count). The van der Waals surface area contributed by atoms with Crippen molar-refractivity contribution >= 4 is 41.9 Å². The van der Waals surface area contributed by atoms with Gasteiger partial charge in [0.2, 0.25) is 20.0 Å². The average molecular weight is 685 g/mol. The molecule has 0 spiro atoms. The topological polar surface area (TPSA) is 106 Å². The number of aromatic nitrogens is 2. The summed E-state index contributed by atoms with van der Waals surface area (Å²) < 4.78 is 68.6. The first-order chi connectivity index (χ1) is 23.1. The number of H-pyrrole nitrogens is 2. The predicted octanol–water partition coefficient (Wildman–Crippen LogP) is 7.06. The highest BCUT2D eigenvalue weighted by molar-refractivity contribution is 7.89. The molecule has 11 heteroatoms. The molecular formula is C37H37FN4O4S2. The lowest BCUT2D eigenvalue weighted by molar-refractivity contribution is 0.410. The van der Waals surface area contributed by atoms with Crippen LogP contribution in [0.15, 0.2) is 107 Å². The summed E-state index contributed by atoms with van der Waals surface area (Å²) in [5.74, 6) is -0.314. The number of hydrogen-bond donors (Lipinski definition) is 2. The van der Waals surface area contributed by atoms with Crippen molar-refractivity contribution in [2.45, 2.75) is 55.5 Å². The number of rotatable bonds is 4. The van der Waals surface area contributed by atoms with E-state index in [1.807, 2.05) is 6.07 Å². The second kappa shape index (κ2) is 13.0. The van der Waals surface area contributed by atoms with E-state index in [4.69, 9.17) is 0 Å². The molecule has 2 N–H and O–H groups in total. The van der Waals surface area contributed by atoms with Crippen molar-refractivity contribution in [2.75, 3.05) is 13.1 Å². The Labute approximate surface area is 280 Å². The van der Waals surface area contributed by atoms with Gasteiger partial charge in [-0.05, 0) is 98.3 Å². The lowest BCUT2D eigenvalue weighted by atomic mass is 10.1. The largest absolute Gasteiger partial charge is 0.358 e. The number of hydrogen-bond acceptors (Lipinski definition) is 4. The van der Waals surface area contributed by atoms with Gasteiger partial charge in [0.25, 0.3) is 0 Å². The summed E-state index contributed by atoms with van der Waals surface area (Å²) in [6, 6.07) is 28.0. The van der Waals surface area contributed by atoms with Crippen LogP contribution in [0.25, 0.3) is 21.8 Å². The quantitative estimate of drug-likeness (QED) is 0.208. The number of benzene rings is 4. The smallest absolute Gasteiger partial charge is 0.243 e. The first kappa shape index (κ1) is 32.3. The van der Waals surface area contributed by atoms with E-state index in [2.05, 4.69) is 35.1 Å². The number of aryl methyl sites for hydroxylation is 3. The van der Waals surface area contributed by atoms with Crippen LogP contribution >= 0.6 is 0 Å². The minimum absolute atomic E-state index is 0.260. The molecule has 248 valence electrons. The lowest BCUT2D eigenvalue weighted by Gasteiger charge is -2.20. The van der Waals surface area contributed by atoms with Crippen LogP contribution in [-0.4, -0.2) is 48.5 Å². The fourth-order valence-electron chi connectivity index (χ4n) is 6.75. The highest BCUT2D eigenvalue weighted by Gasteiger charge is 2.30. The minimum atomic E-state index is -3.56. The van der Waals surface area contributed by atoms with Crippen LogP contribution in [0.5, 0.6) is 0 Å². The maximum atomic E-state index is 13.6. The molecule has 0 amide bonds.